The Balaban J connectivity index is 2.75. The first-order chi connectivity index (χ1) is 9.55. The molecule has 5 nitrogen and oxygen atoms in total. The van der Waals surface area contributed by atoms with Crippen molar-refractivity contribution >= 4 is 27.6 Å². The SMILES string of the molecule is COC(=O)C(C)(O)CNc1ccc(OC(F)(F)F)c(Br)c1. The monoisotopic (exact) mass is 371 g/mol. The summed E-state index contributed by atoms with van der Waals surface area (Å²) in [6.45, 7) is 1.08. The summed E-state index contributed by atoms with van der Waals surface area (Å²) >= 11 is 2.94. The predicted molar refractivity (Wildman–Crippen MR) is 72.0 cm³/mol. The van der Waals surface area contributed by atoms with E-state index in [9.17, 15) is 23.1 Å². The van der Waals surface area contributed by atoms with E-state index in [1.54, 1.807) is 0 Å². The van der Waals surface area contributed by atoms with Crippen LogP contribution in [-0.2, 0) is 9.53 Å². The van der Waals surface area contributed by atoms with Gasteiger partial charge in [0.1, 0.15) is 5.75 Å². The Labute approximate surface area is 127 Å². The minimum absolute atomic E-state index is 0.0718. The van der Waals surface area contributed by atoms with Crippen molar-refractivity contribution in [3.8, 4) is 5.75 Å². The van der Waals surface area contributed by atoms with E-state index in [4.69, 9.17) is 0 Å². The third kappa shape index (κ3) is 5.43. The van der Waals surface area contributed by atoms with Gasteiger partial charge in [-0.05, 0) is 41.1 Å². The van der Waals surface area contributed by atoms with Crippen LogP contribution in [0.4, 0.5) is 18.9 Å². The lowest BCUT2D eigenvalue weighted by Crippen LogP contribution is -2.42. The van der Waals surface area contributed by atoms with Gasteiger partial charge < -0.3 is 19.9 Å². The van der Waals surface area contributed by atoms with Crippen LogP contribution in [0.3, 0.4) is 0 Å². The van der Waals surface area contributed by atoms with E-state index >= 15 is 0 Å². The summed E-state index contributed by atoms with van der Waals surface area (Å²) in [5.41, 5.74) is -1.37. The lowest BCUT2D eigenvalue weighted by molar-refractivity contribution is -0.274. The fraction of sp³-hybridized carbons (Fsp3) is 0.417. The van der Waals surface area contributed by atoms with Gasteiger partial charge in [-0.25, -0.2) is 4.79 Å². The highest BCUT2D eigenvalue weighted by Gasteiger charge is 2.32. The molecular weight excluding hydrogens is 359 g/mol. The van der Waals surface area contributed by atoms with Gasteiger partial charge in [0.25, 0.3) is 0 Å². The fourth-order valence-corrected chi connectivity index (χ4v) is 1.84. The van der Waals surface area contributed by atoms with Gasteiger partial charge in [-0.15, -0.1) is 13.2 Å². The van der Waals surface area contributed by atoms with Crippen LogP contribution in [0.25, 0.3) is 0 Å². The number of carbonyl (C=O) groups excluding carboxylic acids is 1. The quantitative estimate of drug-likeness (QED) is 0.778. The molecule has 0 aliphatic rings. The molecule has 1 rings (SSSR count). The lowest BCUT2D eigenvalue weighted by Gasteiger charge is -2.21. The number of anilines is 1. The molecule has 1 aromatic rings. The number of hydrogen-bond donors (Lipinski definition) is 2. The van der Waals surface area contributed by atoms with Crippen molar-refractivity contribution in [1.82, 2.24) is 0 Å². The largest absolute Gasteiger partial charge is 0.573 e. The third-order valence-corrected chi connectivity index (χ3v) is 3.04. The second-order valence-corrected chi connectivity index (χ2v) is 5.17. The Morgan fingerprint density at radius 2 is 2.05 bits per heavy atom. The van der Waals surface area contributed by atoms with Crippen molar-refractivity contribution in [3.63, 3.8) is 0 Å². The average Bonchev–Trinajstić information content (AvgIpc) is 2.37. The molecule has 21 heavy (non-hydrogen) atoms. The van der Waals surface area contributed by atoms with E-state index in [2.05, 4.69) is 30.7 Å². The molecule has 0 spiro atoms. The highest BCUT2D eigenvalue weighted by molar-refractivity contribution is 9.10. The molecular formula is C12H13BrF3NO4. The topological polar surface area (TPSA) is 67.8 Å². The smallest absolute Gasteiger partial charge is 0.467 e. The Morgan fingerprint density at radius 3 is 2.52 bits per heavy atom. The van der Waals surface area contributed by atoms with Crippen LogP contribution in [0.2, 0.25) is 0 Å². The van der Waals surface area contributed by atoms with Gasteiger partial charge in [-0.1, -0.05) is 0 Å². The minimum Gasteiger partial charge on any atom is -0.467 e. The highest BCUT2D eigenvalue weighted by atomic mass is 79.9. The second-order valence-electron chi connectivity index (χ2n) is 4.31. The Bertz CT molecular complexity index is 520. The number of hydrogen-bond acceptors (Lipinski definition) is 5. The fourth-order valence-electron chi connectivity index (χ4n) is 1.38. The van der Waals surface area contributed by atoms with Gasteiger partial charge in [0.15, 0.2) is 5.60 Å². The molecule has 0 aliphatic carbocycles. The van der Waals surface area contributed by atoms with Gasteiger partial charge in [0.2, 0.25) is 0 Å². The Hall–Kier alpha value is -1.48. The number of halogens is 4. The summed E-state index contributed by atoms with van der Waals surface area (Å²) < 4.78 is 44.6. The zero-order valence-electron chi connectivity index (χ0n) is 11.1. The van der Waals surface area contributed by atoms with Gasteiger partial charge >= 0.3 is 12.3 Å². The molecule has 1 atom stereocenters. The van der Waals surface area contributed by atoms with Gasteiger partial charge in [-0.3, -0.25) is 0 Å². The zero-order valence-corrected chi connectivity index (χ0v) is 12.7. The van der Waals surface area contributed by atoms with Crippen molar-refractivity contribution in [2.45, 2.75) is 18.9 Å². The molecule has 0 radical (unpaired) electrons. The Kier molecular flexibility index (Phi) is 5.46. The summed E-state index contributed by atoms with van der Waals surface area (Å²) in [5.74, 6) is -1.22. The summed E-state index contributed by atoms with van der Waals surface area (Å²) in [4.78, 5) is 11.3. The molecule has 0 heterocycles. The second kappa shape index (κ2) is 6.52. The van der Waals surface area contributed by atoms with Crippen LogP contribution < -0.4 is 10.1 Å². The normalized spacial score (nSPS) is 14.2. The first-order valence-corrected chi connectivity index (χ1v) is 6.44. The molecule has 9 heteroatoms. The third-order valence-electron chi connectivity index (χ3n) is 2.42. The van der Waals surface area contributed by atoms with Crippen molar-refractivity contribution in [2.75, 3.05) is 19.0 Å². The number of nitrogens with one attached hydrogen (secondary N) is 1. The molecule has 2 N–H and O–H groups in total. The summed E-state index contributed by atoms with van der Waals surface area (Å²) in [7, 11) is 1.14. The Morgan fingerprint density at radius 1 is 1.43 bits per heavy atom. The van der Waals surface area contributed by atoms with E-state index in [0.717, 1.165) is 13.2 Å². The number of carbonyl (C=O) groups is 1. The molecule has 0 saturated carbocycles. The zero-order chi connectivity index (χ0) is 16.3. The summed E-state index contributed by atoms with van der Waals surface area (Å²) in [5, 5.41) is 12.5. The van der Waals surface area contributed by atoms with Crippen LogP contribution in [0.5, 0.6) is 5.75 Å². The lowest BCUT2D eigenvalue weighted by atomic mass is 10.1. The van der Waals surface area contributed by atoms with Gasteiger partial charge in [0, 0.05) is 5.69 Å². The van der Waals surface area contributed by atoms with Gasteiger partial charge in [0.05, 0.1) is 18.1 Å². The number of alkyl halides is 3. The number of ether oxygens (including phenoxy) is 2. The van der Waals surface area contributed by atoms with Crippen molar-refractivity contribution < 1.29 is 32.5 Å². The highest BCUT2D eigenvalue weighted by Crippen LogP contribution is 2.32. The predicted octanol–water partition coefficient (Wildman–Crippen LogP) is 2.68. The van der Waals surface area contributed by atoms with Crippen LogP contribution in [-0.4, -0.2) is 36.7 Å². The number of rotatable bonds is 5. The maximum absolute atomic E-state index is 12.1. The summed E-state index contributed by atoms with van der Waals surface area (Å²) in [6, 6.07) is 3.75. The molecule has 1 unspecified atom stereocenters. The van der Waals surface area contributed by atoms with E-state index in [1.807, 2.05) is 0 Å². The van der Waals surface area contributed by atoms with E-state index in [1.165, 1.54) is 19.1 Å². The number of aliphatic hydroxyl groups is 1. The van der Waals surface area contributed by atoms with Crippen LogP contribution >= 0.6 is 15.9 Å². The van der Waals surface area contributed by atoms with Crippen LogP contribution in [0.1, 0.15) is 6.92 Å². The standard InChI is InChI=1S/C12H13BrF3NO4/c1-11(19,10(18)20-2)6-17-7-3-4-9(8(13)5-7)21-12(14,15)16/h3-5,17,19H,6H2,1-2H3. The van der Waals surface area contributed by atoms with Crippen LogP contribution in [0, 0.1) is 0 Å². The molecule has 0 aliphatic heterocycles. The van der Waals surface area contributed by atoms with Crippen molar-refractivity contribution in [2.24, 2.45) is 0 Å². The van der Waals surface area contributed by atoms with E-state index in [-0.39, 0.29) is 11.0 Å². The number of benzene rings is 1. The first-order valence-electron chi connectivity index (χ1n) is 5.65. The molecule has 0 saturated heterocycles. The van der Waals surface area contributed by atoms with E-state index < -0.39 is 23.7 Å². The molecule has 118 valence electrons. The minimum atomic E-state index is -4.79. The number of methoxy groups -OCH3 is 1. The van der Waals surface area contributed by atoms with Gasteiger partial charge in [-0.2, -0.15) is 0 Å². The van der Waals surface area contributed by atoms with Crippen molar-refractivity contribution in [1.29, 1.82) is 0 Å². The van der Waals surface area contributed by atoms with Crippen LogP contribution in [0.15, 0.2) is 22.7 Å². The van der Waals surface area contributed by atoms with Crippen molar-refractivity contribution in [3.05, 3.63) is 22.7 Å². The number of esters is 1. The van der Waals surface area contributed by atoms with E-state index in [0.29, 0.717) is 5.69 Å². The first kappa shape index (κ1) is 17.6. The molecule has 1 aromatic carbocycles. The summed E-state index contributed by atoms with van der Waals surface area (Å²) in [6.07, 6.45) is -4.79. The molecule has 0 bridgehead atoms. The maximum Gasteiger partial charge on any atom is 0.573 e. The molecule has 0 aromatic heterocycles. The molecule has 0 amide bonds. The maximum atomic E-state index is 12.1. The molecule has 0 fully saturated rings. The average molecular weight is 372 g/mol.